The first kappa shape index (κ1) is 20.7. The van der Waals surface area contributed by atoms with Crippen molar-refractivity contribution >= 4 is 17.2 Å². The molecule has 0 spiro atoms. The summed E-state index contributed by atoms with van der Waals surface area (Å²) < 4.78 is 16.9. The van der Waals surface area contributed by atoms with Crippen LogP contribution in [0.1, 0.15) is 29.5 Å². The van der Waals surface area contributed by atoms with E-state index in [-0.39, 0.29) is 11.7 Å². The van der Waals surface area contributed by atoms with Crippen molar-refractivity contribution in [1.82, 2.24) is 5.32 Å². The van der Waals surface area contributed by atoms with Crippen LogP contribution in [0.25, 0.3) is 11.3 Å². The molecule has 2 heterocycles. The van der Waals surface area contributed by atoms with Gasteiger partial charge in [0.25, 0.3) is 5.91 Å². The van der Waals surface area contributed by atoms with Crippen molar-refractivity contribution in [2.75, 3.05) is 20.3 Å². The van der Waals surface area contributed by atoms with E-state index in [1.54, 1.807) is 13.2 Å². The molecule has 2 aromatic rings. The van der Waals surface area contributed by atoms with E-state index in [1.807, 2.05) is 49.4 Å². The van der Waals surface area contributed by atoms with E-state index in [0.29, 0.717) is 30.2 Å². The van der Waals surface area contributed by atoms with E-state index in [4.69, 9.17) is 14.2 Å². The van der Waals surface area contributed by atoms with Crippen LogP contribution in [0.3, 0.4) is 0 Å². The number of benzene rings is 2. The zero-order chi connectivity index (χ0) is 21.8. The Kier molecular flexibility index (Phi) is 6.06. The van der Waals surface area contributed by atoms with Gasteiger partial charge >= 0.3 is 0 Å². The number of nitrogens with zero attached hydrogens (tertiary/aromatic N) is 1. The summed E-state index contributed by atoms with van der Waals surface area (Å²) in [6.45, 7) is 3.07. The highest BCUT2D eigenvalue weighted by molar-refractivity contribution is 6.09. The Morgan fingerprint density at radius 2 is 2.06 bits per heavy atom. The number of hydrogen-bond acceptors (Lipinski definition) is 5. The van der Waals surface area contributed by atoms with Gasteiger partial charge in [-0.25, -0.2) is 0 Å². The molecule has 0 unspecified atom stereocenters. The lowest BCUT2D eigenvalue weighted by Crippen LogP contribution is -2.33. The minimum absolute atomic E-state index is 0.00325. The number of nitriles is 1. The van der Waals surface area contributed by atoms with Crippen LogP contribution in [0.2, 0.25) is 0 Å². The van der Waals surface area contributed by atoms with Crippen LogP contribution in [-0.2, 0) is 9.53 Å². The maximum atomic E-state index is 12.9. The third-order valence-electron chi connectivity index (χ3n) is 5.42. The summed E-state index contributed by atoms with van der Waals surface area (Å²) in [5.41, 5.74) is 3.16. The third-order valence-corrected chi connectivity index (χ3v) is 5.42. The largest absolute Gasteiger partial charge is 0.497 e. The Balaban J connectivity index is 1.73. The first-order valence-electron chi connectivity index (χ1n) is 10.3. The first-order valence-corrected chi connectivity index (χ1v) is 10.3. The molecule has 1 saturated heterocycles. The van der Waals surface area contributed by atoms with Gasteiger partial charge in [-0.2, -0.15) is 5.26 Å². The topological polar surface area (TPSA) is 80.6 Å². The number of ether oxygens (including phenoxy) is 3. The lowest BCUT2D eigenvalue weighted by Gasteiger charge is -2.22. The molecule has 1 amide bonds. The van der Waals surface area contributed by atoms with Crippen molar-refractivity contribution < 1.29 is 19.0 Å². The molecule has 0 bridgehead atoms. The number of aryl methyl sites for hydroxylation is 1. The van der Waals surface area contributed by atoms with Gasteiger partial charge in [0.1, 0.15) is 28.9 Å². The number of carbonyl (C=O) groups is 1. The Labute approximate surface area is 181 Å². The van der Waals surface area contributed by atoms with Crippen molar-refractivity contribution in [3.63, 3.8) is 0 Å². The van der Waals surface area contributed by atoms with Gasteiger partial charge in [-0.1, -0.05) is 11.6 Å². The molecule has 0 radical (unpaired) electrons. The third kappa shape index (κ3) is 4.47. The molecule has 2 aliphatic heterocycles. The summed E-state index contributed by atoms with van der Waals surface area (Å²) in [5.74, 6) is 1.49. The predicted molar refractivity (Wildman–Crippen MR) is 117 cm³/mol. The van der Waals surface area contributed by atoms with Gasteiger partial charge in [0.15, 0.2) is 0 Å². The van der Waals surface area contributed by atoms with Crippen LogP contribution >= 0.6 is 0 Å². The molecule has 158 valence electrons. The highest BCUT2D eigenvalue weighted by atomic mass is 16.5. The maximum Gasteiger partial charge on any atom is 0.262 e. The fraction of sp³-hybridized carbons (Fsp3) is 0.280. The van der Waals surface area contributed by atoms with Crippen molar-refractivity contribution in [3.8, 4) is 17.6 Å². The summed E-state index contributed by atoms with van der Waals surface area (Å²) in [6.07, 6.45) is 3.66. The van der Waals surface area contributed by atoms with E-state index >= 15 is 0 Å². The van der Waals surface area contributed by atoms with Crippen LogP contribution in [0.15, 0.2) is 54.1 Å². The Morgan fingerprint density at radius 1 is 1.26 bits per heavy atom. The molecule has 31 heavy (non-hydrogen) atoms. The first-order chi connectivity index (χ1) is 15.1. The molecule has 0 aromatic heterocycles. The fourth-order valence-corrected chi connectivity index (χ4v) is 3.74. The number of carbonyl (C=O) groups excluding carboxylic acids is 1. The Morgan fingerprint density at radius 3 is 2.74 bits per heavy atom. The van der Waals surface area contributed by atoms with E-state index in [1.165, 1.54) is 0 Å². The molecule has 6 heteroatoms. The fourth-order valence-electron chi connectivity index (χ4n) is 3.74. The van der Waals surface area contributed by atoms with E-state index < -0.39 is 5.91 Å². The van der Waals surface area contributed by atoms with Crippen LogP contribution in [-0.4, -0.2) is 32.3 Å². The van der Waals surface area contributed by atoms with Gasteiger partial charge in [0, 0.05) is 29.9 Å². The van der Waals surface area contributed by atoms with Gasteiger partial charge in [0.2, 0.25) is 0 Å². The van der Waals surface area contributed by atoms with Gasteiger partial charge < -0.3 is 19.5 Å². The van der Waals surface area contributed by atoms with Crippen LogP contribution < -0.4 is 14.8 Å². The molecule has 0 saturated carbocycles. The quantitative estimate of drug-likeness (QED) is 0.588. The lowest BCUT2D eigenvalue weighted by atomic mass is 9.93. The van der Waals surface area contributed by atoms with Gasteiger partial charge in [-0.05, 0) is 62.2 Å². The van der Waals surface area contributed by atoms with Gasteiger partial charge in [0.05, 0.1) is 13.2 Å². The Hall–Kier alpha value is -3.56. The summed E-state index contributed by atoms with van der Waals surface area (Å²) in [5, 5.41) is 12.7. The summed E-state index contributed by atoms with van der Waals surface area (Å²) in [4.78, 5) is 12.9. The molecule has 1 atom stereocenters. The minimum atomic E-state index is -0.410. The predicted octanol–water partition coefficient (Wildman–Crippen LogP) is 4.01. The molecule has 2 aromatic carbocycles. The van der Waals surface area contributed by atoms with Crippen molar-refractivity contribution in [1.29, 1.82) is 5.26 Å². The molecule has 2 aliphatic rings. The number of allylic oxidation sites excluding steroid dienone is 2. The highest BCUT2D eigenvalue weighted by Crippen LogP contribution is 2.39. The van der Waals surface area contributed by atoms with Gasteiger partial charge in [-0.15, -0.1) is 0 Å². The number of amides is 1. The molecule has 6 nitrogen and oxygen atoms in total. The second-order valence-corrected chi connectivity index (χ2v) is 7.58. The molecule has 0 aliphatic carbocycles. The highest BCUT2D eigenvalue weighted by Gasteiger charge is 2.25. The number of fused-ring (bicyclic) bond motifs is 1. The number of nitrogens with one attached hydrogen (secondary N) is 1. The Bertz CT molecular complexity index is 1090. The second kappa shape index (κ2) is 9.07. The SMILES string of the molecule is COc1ccc(C2=C/C(=C(/C#N)C(=O)NC[C@H]3CCCO3)c3cc(C)ccc3O2)cc1. The monoisotopic (exact) mass is 416 g/mol. The zero-order valence-corrected chi connectivity index (χ0v) is 17.6. The van der Waals surface area contributed by atoms with Crippen molar-refractivity contribution in [3.05, 3.63) is 70.8 Å². The number of rotatable bonds is 5. The average Bonchev–Trinajstić information content (AvgIpc) is 3.32. The standard InChI is InChI=1S/C25H24N2O4/c1-16-5-10-23-21(12-16)20(13-24(31-23)17-6-8-18(29-2)9-7-17)22(14-26)25(28)27-15-19-4-3-11-30-19/h5-10,12-13,19H,3-4,11,15H2,1-2H3,(H,27,28)/b22-20+/t19-/m1/s1. The van der Waals surface area contributed by atoms with Crippen LogP contribution in [0, 0.1) is 18.3 Å². The smallest absolute Gasteiger partial charge is 0.262 e. The van der Waals surface area contributed by atoms with Crippen LogP contribution in [0.5, 0.6) is 11.5 Å². The molecular formula is C25H24N2O4. The molecule has 4 rings (SSSR count). The summed E-state index contributed by atoms with van der Waals surface area (Å²) in [6, 6.07) is 15.3. The number of hydrogen-bond donors (Lipinski definition) is 1. The van der Waals surface area contributed by atoms with Crippen molar-refractivity contribution in [2.45, 2.75) is 25.9 Å². The van der Waals surface area contributed by atoms with Crippen molar-refractivity contribution in [2.24, 2.45) is 0 Å². The van der Waals surface area contributed by atoms with E-state index in [0.717, 1.165) is 35.3 Å². The number of methoxy groups -OCH3 is 1. The molecular weight excluding hydrogens is 392 g/mol. The second-order valence-electron chi connectivity index (χ2n) is 7.58. The zero-order valence-electron chi connectivity index (χ0n) is 17.6. The minimum Gasteiger partial charge on any atom is -0.497 e. The average molecular weight is 416 g/mol. The maximum absolute atomic E-state index is 12.9. The molecule has 1 N–H and O–H groups in total. The summed E-state index contributed by atoms with van der Waals surface area (Å²) in [7, 11) is 1.61. The summed E-state index contributed by atoms with van der Waals surface area (Å²) >= 11 is 0. The lowest BCUT2D eigenvalue weighted by molar-refractivity contribution is -0.117. The van der Waals surface area contributed by atoms with E-state index in [9.17, 15) is 10.1 Å². The van der Waals surface area contributed by atoms with Gasteiger partial charge in [-0.3, -0.25) is 4.79 Å². The van der Waals surface area contributed by atoms with Crippen LogP contribution in [0.4, 0.5) is 0 Å². The van der Waals surface area contributed by atoms with E-state index in [2.05, 4.69) is 11.4 Å². The normalized spacial score (nSPS) is 18.9. The molecule has 1 fully saturated rings.